The van der Waals surface area contributed by atoms with Gasteiger partial charge >= 0.3 is 0 Å². The van der Waals surface area contributed by atoms with E-state index in [4.69, 9.17) is 19.2 Å². The second-order valence-corrected chi connectivity index (χ2v) is 8.77. The van der Waals surface area contributed by atoms with Crippen molar-refractivity contribution in [1.29, 1.82) is 0 Å². The molecular formula is C21H41N3O3. The molecular weight excluding hydrogens is 342 g/mol. The van der Waals surface area contributed by atoms with Crippen molar-refractivity contribution in [3.8, 4) is 0 Å². The van der Waals surface area contributed by atoms with E-state index in [-0.39, 0.29) is 11.5 Å². The Bertz CT molecular complexity index is 431. The Kier molecular flexibility index (Phi) is 9.87. The number of ether oxygens (including phenoxy) is 3. The molecule has 0 aromatic carbocycles. The summed E-state index contributed by atoms with van der Waals surface area (Å²) in [5.41, 5.74) is 0.159. The van der Waals surface area contributed by atoms with Gasteiger partial charge in [-0.3, -0.25) is 4.99 Å². The van der Waals surface area contributed by atoms with Crippen LogP contribution in [-0.4, -0.2) is 64.2 Å². The number of hydrogen-bond donors (Lipinski definition) is 2. The number of aliphatic imine (C=N–C) groups is 1. The molecule has 2 aliphatic heterocycles. The van der Waals surface area contributed by atoms with Gasteiger partial charge in [-0.25, -0.2) is 0 Å². The Balaban J connectivity index is 1.69. The summed E-state index contributed by atoms with van der Waals surface area (Å²) in [6, 6.07) is 0. The van der Waals surface area contributed by atoms with Gasteiger partial charge in [0.1, 0.15) is 0 Å². The van der Waals surface area contributed by atoms with E-state index < -0.39 is 0 Å². The van der Waals surface area contributed by atoms with Crippen molar-refractivity contribution in [3.05, 3.63) is 0 Å². The molecule has 2 heterocycles. The Hall–Kier alpha value is -0.850. The lowest BCUT2D eigenvalue weighted by atomic mass is 9.78. The first-order valence-electron chi connectivity index (χ1n) is 10.8. The van der Waals surface area contributed by atoms with Crippen LogP contribution < -0.4 is 10.6 Å². The molecule has 3 atom stereocenters. The molecule has 0 saturated carbocycles. The summed E-state index contributed by atoms with van der Waals surface area (Å²) < 4.78 is 17.4. The van der Waals surface area contributed by atoms with Gasteiger partial charge in [-0.1, -0.05) is 20.8 Å². The lowest BCUT2D eigenvalue weighted by Crippen LogP contribution is -2.43. The minimum Gasteiger partial charge on any atom is -0.379 e. The second kappa shape index (κ2) is 11.9. The van der Waals surface area contributed by atoms with Crippen LogP contribution in [0.15, 0.2) is 4.99 Å². The summed E-state index contributed by atoms with van der Waals surface area (Å²) in [4.78, 5) is 4.84. The van der Waals surface area contributed by atoms with Gasteiger partial charge in [-0.15, -0.1) is 0 Å². The Morgan fingerprint density at radius 1 is 1.11 bits per heavy atom. The van der Waals surface area contributed by atoms with Crippen molar-refractivity contribution in [2.75, 3.05) is 46.1 Å². The van der Waals surface area contributed by atoms with Crippen LogP contribution in [0, 0.1) is 11.3 Å². The van der Waals surface area contributed by atoms with E-state index in [0.29, 0.717) is 12.0 Å². The van der Waals surface area contributed by atoms with E-state index >= 15 is 0 Å². The van der Waals surface area contributed by atoms with Gasteiger partial charge < -0.3 is 24.8 Å². The van der Waals surface area contributed by atoms with Crippen LogP contribution in [0.4, 0.5) is 0 Å². The number of nitrogens with zero attached hydrogens (tertiary/aromatic N) is 1. The number of guanidine groups is 1. The maximum atomic E-state index is 6.08. The summed E-state index contributed by atoms with van der Waals surface area (Å²) in [5.74, 6) is 1.39. The number of rotatable bonds is 9. The molecule has 27 heavy (non-hydrogen) atoms. The largest absolute Gasteiger partial charge is 0.379 e. The van der Waals surface area contributed by atoms with Gasteiger partial charge in [0.05, 0.1) is 18.8 Å². The van der Waals surface area contributed by atoms with E-state index in [1.807, 2.05) is 0 Å². The molecule has 158 valence electrons. The van der Waals surface area contributed by atoms with Crippen LogP contribution in [0.3, 0.4) is 0 Å². The van der Waals surface area contributed by atoms with Gasteiger partial charge in [0, 0.05) is 45.4 Å². The minimum absolute atomic E-state index is 0.159. The Labute approximate surface area is 165 Å². The first-order valence-corrected chi connectivity index (χ1v) is 10.8. The fourth-order valence-corrected chi connectivity index (χ4v) is 3.91. The second-order valence-electron chi connectivity index (χ2n) is 8.77. The Morgan fingerprint density at radius 2 is 1.89 bits per heavy atom. The lowest BCUT2D eigenvalue weighted by molar-refractivity contribution is -0.0823. The van der Waals surface area contributed by atoms with Crippen molar-refractivity contribution in [3.63, 3.8) is 0 Å². The summed E-state index contributed by atoms with van der Waals surface area (Å²) in [7, 11) is 0. The van der Waals surface area contributed by atoms with Gasteiger partial charge in [0.25, 0.3) is 0 Å². The molecule has 6 nitrogen and oxygen atoms in total. The fraction of sp³-hybridized carbons (Fsp3) is 0.952. The molecule has 6 heteroatoms. The molecule has 0 bridgehead atoms. The van der Waals surface area contributed by atoms with E-state index in [9.17, 15) is 0 Å². The van der Waals surface area contributed by atoms with Crippen LogP contribution >= 0.6 is 0 Å². The number of hydrogen-bond acceptors (Lipinski definition) is 4. The predicted octanol–water partition coefficient (Wildman–Crippen LogP) is 2.97. The first kappa shape index (κ1) is 22.4. The minimum atomic E-state index is 0.159. The zero-order valence-electron chi connectivity index (χ0n) is 17.9. The molecule has 0 aromatic heterocycles. The summed E-state index contributed by atoms with van der Waals surface area (Å²) in [5, 5.41) is 6.78. The third-order valence-corrected chi connectivity index (χ3v) is 5.21. The van der Waals surface area contributed by atoms with Crippen molar-refractivity contribution < 1.29 is 14.2 Å². The summed E-state index contributed by atoms with van der Waals surface area (Å²) >= 11 is 0. The summed E-state index contributed by atoms with van der Waals surface area (Å²) in [6.45, 7) is 14.7. The topological polar surface area (TPSA) is 64.1 Å². The summed E-state index contributed by atoms with van der Waals surface area (Å²) in [6.07, 6.45) is 6.19. The highest BCUT2D eigenvalue weighted by molar-refractivity contribution is 5.79. The third kappa shape index (κ3) is 8.36. The van der Waals surface area contributed by atoms with E-state index in [1.165, 1.54) is 12.8 Å². The van der Waals surface area contributed by atoms with Crippen LogP contribution in [0.2, 0.25) is 0 Å². The molecule has 2 rings (SSSR count). The van der Waals surface area contributed by atoms with E-state index in [2.05, 4.69) is 38.3 Å². The highest BCUT2D eigenvalue weighted by Gasteiger charge is 2.35. The van der Waals surface area contributed by atoms with Crippen LogP contribution in [-0.2, 0) is 14.2 Å². The molecule has 0 aromatic rings. The van der Waals surface area contributed by atoms with Crippen molar-refractivity contribution >= 4 is 5.96 Å². The molecule has 2 N–H and O–H groups in total. The lowest BCUT2D eigenvalue weighted by Gasteiger charge is -2.39. The SMILES string of the molecule is CCNC(=NCC1CCCOC1C(C)(C)C)NCCCOCC1CCCO1. The van der Waals surface area contributed by atoms with Gasteiger partial charge in [0.2, 0.25) is 0 Å². The maximum absolute atomic E-state index is 6.08. The fourth-order valence-electron chi connectivity index (χ4n) is 3.91. The van der Waals surface area contributed by atoms with E-state index in [1.54, 1.807) is 0 Å². The van der Waals surface area contributed by atoms with Crippen LogP contribution in [0.25, 0.3) is 0 Å². The average Bonchev–Trinajstić information content (AvgIpc) is 3.15. The first-order chi connectivity index (χ1) is 13.0. The maximum Gasteiger partial charge on any atom is 0.191 e. The molecule has 2 saturated heterocycles. The quantitative estimate of drug-likeness (QED) is 0.364. The number of nitrogens with one attached hydrogen (secondary N) is 2. The van der Waals surface area contributed by atoms with Gasteiger partial charge in [0.15, 0.2) is 5.96 Å². The molecule has 0 radical (unpaired) electrons. The normalized spacial score (nSPS) is 27.0. The zero-order chi connectivity index (χ0) is 19.5. The van der Waals surface area contributed by atoms with Crippen molar-refractivity contribution in [1.82, 2.24) is 10.6 Å². The van der Waals surface area contributed by atoms with Crippen molar-refractivity contribution in [2.45, 2.75) is 72.0 Å². The molecule has 2 aliphatic rings. The van der Waals surface area contributed by atoms with Crippen LogP contribution in [0.5, 0.6) is 0 Å². The average molecular weight is 384 g/mol. The Morgan fingerprint density at radius 3 is 2.59 bits per heavy atom. The highest BCUT2D eigenvalue weighted by Crippen LogP contribution is 2.34. The molecule has 3 unspecified atom stereocenters. The standard InChI is InChI=1S/C21H41N3O3/c1-5-22-20(23-11-8-12-25-16-18-10-7-13-26-18)24-15-17-9-6-14-27-19(17)21(2,3)4/h17-19H,5-16H2,1-4H3,(H2,22,23,24). The van der Waals surface area contributed by atoms with Gasteiger partial charge in [-0.2, -0.15) is 0 Å². The van der Waals surface area contributed by atoms with Crippen molar-refractivity contribution in [2.24, 2.45) is 16.3 Å². The van der Waals surface area contributed by atoms with E-state index in [0.717, 1.165) is 71.3 Å². The highest BCUT2D eigenvalue weighted by atomic mass is 16.5. The molecule has 0 spiro atoms. The molecule has 2 fully saturated rings. The van der Waals surface area contributed by atoms with Gasteiger partial charge in [-0.05, 0) is 44.4 Å². The molecule has 0 aliphatic carbocycles. The smallest absolute Gasteiger partial charge is 0.191 e. The predicted molar refractivity (Wildman–Crippen MR) is 110 cm³/mol. The third-order valence-electron chi connectivity index (χ3n) is 5.21. The monoisotopic (exact) mass is 383 g/mol. The molecule has 0 amide bonds. The van der Waals surface area contributed by atoms with Crippen LogP contribution in [0.1, 0.15) is 59.8 Å². The zero-order valence-corrected chi connectivity index (χ0v) is 17.9.